The van der Waals surface area contributed by atoms with Gasteiger partial charge in [-0.05, 0) is 103 Å². The van der Waals surface area contributed by atoms with Crippen molar-refractivity contribution in [3.05, 3.63) is 109 Å². The van der Waals surface area contributed by atoms with Gasteiger partial charge in [-0.15, -0.1) is 0 Å². The highest BCUT2D eigenvalue weighted by molar-refractivity contribution is 5.71. The van der Waals surface area contributed by atoms with Crippen molar-refractivity contribution in [1.82, 2.24) is 0 Å². The van der Waals surface area contributed by atoms with Crippen LogP contribution in [0.2, 0.25) is 0 Å². The zero-order chi connectivity index (χ0) is 71.8. The Morgan fingerprint density at radius 1 is 0.313 bits per heavy atom. The highest BCUT2D eigenvalue weighted by Gasteiger charge is 2.25. The maximum absolute atomic E-state index is 13.0. The van der Waals surface area contributed by atoms with Crippen LogP contribution in [0.15, 0.2) is 109 Å². The van der Waals surface area contributed by atoms with Gasteiger partial charge in [0.1, 0.15) is 13.2 Å². The molecule has 99 heavy (non-hydrogen) atoms. The number of likely N-dealkylation sites (N-methyl/N-ethyl adjacent to an activating group) is 1. The smallest absolute Gasteiger partial charge is 0.361 e. The SMILES string of the molecule is CC/C=C\C/C=C\C/C=C\C/C=C\C/C=C\C/C=C\CCCCCCCCCCCCCCCCCCC(=O)OC(COC(=O)CCCCCCCCCCCCCCCCCCCCCCCCCC/C=C\C/C=C\C/C=C\CCCCCCC)COC(OCC[N+](C)(C)C)C(=O)O. The van der Waals surface area contributed by atoms with Crippen molar-refractivity contribution in [2.24, 2.45) is 0 Å². The third kappa shape index (κ3) is 81.1. The van der Waals surface area contributed by atoms with Crippen LogP contribution in [0.4, 0.5) is 0 Å². The lowest BCUT2D eigenvalue weighted by Crippen LogP contribution is -2.40. The Balaban J connectivity index is 3.97. The molecular formula is C90H160NO8+. The van der Waals surface area contributed by atoms with E-state index in [1.807, 2.05) is 21.1 Å². The molecule has 0 saturated carbocycles. The van der Waals surface area contributed by atoms with E-state index < -0.39 is 18.4 Å². The number of carbonyl (C=O) groups is 3. The Morgan fingerprint density at radius 3 is 0.859 bits per heavy atom. The summed E-state index contributed by atoms with van der Waals surface area (Å²) in [4.78, 5) is 37.8. The van der Waals surface area contributed by atoms with E-state index in [0.29, 0.717) is 17.4 Å². The Kier molecular flexibility index (Phi) is 76.4. The molecule has 9 nitrogen and oxygen atoms in total. The zero-order valence-corrected chi connectivity index (χ0v) is 65.6. The fraction of sp³-hybridized carbons (Fsp3) is 0.767. The molecule has 0 radical (unpaired) electrons. The van der Waals surface area contributed by atoms with Gasteiger partial charge in [-0.1, -0.05) is 380 Å². The Labute approximate surface area is 613 Å². The first kappa shape index (κ1) is 94.9. The van der Waals surface area contributed by atoms with Gasteiger partial charge < -0.3 is 28.5 Å². The summed E-state index contributed by atoms with van der Waals surface area (Å²) in [6.07, 6.45) is 110. The highest BCUT2D eigenvalue weighted by Crippen LogP contribution is 2.19. The molecule has 1 N–H and O–H groups in total. The number of hydrogen-bond acceptors (Lipinski definition) is 7. The summed E-state index contributed by atoms with van der Waals surface area (Å²) >= 11 is 0. The Morgan fingerprint density at radius 2 is 0.576 bits per heavy atom. The van der Waals surface area contributed by atoms with Crippen LogP contribution in [-0.2, 0) is 33.3 Å². The van der Waals surface area contributed by atoms with Gasteiger partial charge in [0.25, 0.3) is 6.29 Å². The standard InChI is InChI=1S/C90H159NO8/c1-6-8-10-12-14-16-18-20-22-24-26-28-30-32-34-36-38-40-42-43-44-45-47-48-50-52-54-56-58-60-62-64-66-68-70-72-74-76-78-80-87(92)97-84-86(85-98-90(89(94)95)96-83-82-91(3,4)5)99-88(93)81-79-77-75-73-71-69-67-65-63-61-59-57-55-53-51-49-46-41-39-37-35-33-31-29-27-25-23-21-19-17-15-13-11-9-7-2/h9,11,15,17-18,20-21,23-24,26-27,29-30,32-33,35,39,41,86,90H,6-8,10,12-14,16,19,22,25,28,31,34,36-38,40,42-85H2,1-5H3/p+1/b11-9-,17-15-,20-18-,23-21-,26-24-,29-27-,32-30-,35-33-,41-39-. The van der Waals surface area contributed by atoms with Gasteiger partial charge in [0, 0.05) is 12.8 Å². The number of rotatable bonds is 78. The van der Waals surface area contributed by atoms with Crippen LogP contribution in [0.1, 0.15) is 386 Å². The van der Waals surface area contributed by atoms with Crippen molar-refractivity contribution in [3.63, 3.8) is 0 Å². The van der Waals surface area contributed by atoms with E-state index in [2.05, 4.69) is 123 Å². The fourth-order valence-corrected chi connectivity index (χ4v) is 12.1. The second-order valence-electron chi connectivity index (χ2n) is 29.4. The monoisotopic (exact) mass is 1380 g/mol. The maximum Gasteiger partial charge on any atom is 0.361 e. The molecule has 0 heterocycles. The number of esters is 2. The number of hydrogen-bond donors (Lipinski definition) is 1. The quantitative estimate of drug-likeness (QED) is 0.0211. The van der Waals surface area contributed by atoms with Crippen LogP contribution in [0.25, 0.3) is 0 Å². The number of carboxylic acids is 1. The average molecular weight is 1380 g/mol. The second-order valence-corrected chi connectivity index (χ2v) is 29.4. The predicted molar refractivity (Wildman–Crippen MR) is 428 cm³/mol. The molecule has 0 aromatic heterocycles. The minimum absolute atomic E-state index is 0.181. The van der Waals surface area contributed by atoms with Crippen LogP contribution in [0.3, 0.4) is 0 Å². The molecule has 0 bridgehead atoms. The van der Waals surface area contributed by atoms with Gasteiger partial charge in [-0.25, -0.2) is 4.79 Å². The first-order valence-electron chi connectivity index (χ1n) is 42.1. The summed E-state index contributed by atoms with van der Waals surface area (Å²) in [7, 11) is 5.99. The predicted octanol–water partition coefficient (Wildman–Crippen LogP) is 27.3. The topological polar surface area (TPSA) is 108 Å². The first-order chi connectivity index (χ1) is 48.6. The van der Waals surface area contributed by atoms with Crippen LogP contribution in [0.5, 0.6) is 0 Å². The minimum atomic E-state index is -1.51. The van der Waals surface area contributed by atoms with Gasteiger partial charge in [0.2, 0.25) is 0 Å². The lowest BCUT2D eigenvalue weighted by molar-refractivity contribution is -0.870. The third-order valence-electron chi connectivity index (χ3n) is 18.5. The van der Waals surface area contributed by atoms with Crippen molar-refractivity contribution in [2.75, 3.05) is 47.5 Å². The van der Waals surface area contributed by atoms with Crippen molar-refractivity contribution >= 4 is 17.9 Å². The third-order valence-corrected chi connectivity index (χ3v) is 18.5. The highest BCUT2D eigenvalue weighted by atomic mass is 16.7. The van der Waals surface area contributed by atoms with Gasteiger partial charge >= 0.3 is 17.9 Å². The number of nitrogens with zero attached hydrogens (tertiary/aromatic N) is 1. The first-order valence-corrected chi connectivity index (χ1v) is 42.1. The van der Waals surface area contributed by atoms with E-state index in [-0.39, 0.29) is 38.2 Å². The molecule has 0 saturated heterocycles. The number of ether oxygens (including phenoxy) is 4. The molecule has 0 aliphatic rings. The summed E-state index contributed by atoms with van der Waals surface area (Å²) in [6.45, 7) is 4.80. The molecule has 9 heteroatoms. The molecule has 0 spiro atoms. The summed E-state index contributed by atoms with van der Waals surface area (Å²) in [5.74, 6) is -1.98. The molecular weight excluding hydrogens is 1220 g/mol. The van der Waals surface area contributed by atoms with E-state index in [0.717, 1.165) is 89.9 Å². The molecule has 572 valence electrons. The molecule has 2 unspecified atom stereocenters. The normalized spacial score (nSPS) is 13.2. The lowest BCUT2D eigenvalue weighted by Gasteiger charge is -2.25. The van der Waals surface area contributed by atoms with Crippen molar-refractivity contribution in [2.45, 2.75) is 399 Å². The fourth-order valence-electron chi connectivity index (χ4n) is 12.1. The largest absolute Gasteiger partial charge is 0.477 e. The van der Waals surface area contributed by atoms with E-state index in [4.69, 9.17) is 18.9 Å². The maximum atomic E-state index is 13.0. The summed E-state index contributed by atoms with van der Waals surface area (Å²) in [6, 6.07) is 0. The number of carboxylic acid groups (broad SMARTS) is 1. The molecule has 0 aliphatic carbocycles. The molecule has 0 fully saturated rings. The van der Waals surface area contributed by atoms with Gasteiger partial charge in [0.15, 0.2) is 6.10 Å². The van der Waals surface area contributed by atoms with E-state index >= 15 is 0 Å². The zero-order valence-electron chi connectivity index (χ0n) is 65.6. The Hall–Kier alpha value is -4.05. The Bertz CT molecular complexity index is 2000. The van der Waals surface area contributed by atoms with Crippen LogP contribution >= 0.6 is 0 Å². The molecule has 0 amide bonds. The number of aliphatic carboxylic acids is 1. The molecule has 0 rings (SSSR count). The second kappa shape index (κ2) is 79.6. The number of allylic oxidation sites excluding steroid dienone is 18. The van der Waals surface area contributed by atoms with Gasteiger partial charge in [0.05, 0.1) is 34.4 Å². The van der Waals surface area contributed by atoms with E-state index in [9.17, 15) is 19.5 Å². The van der Waals surface area contributed by atoms with Crippen LogP contribution in [-0.4, -0.2) is 87.4 Å². The van der Waals surface area contributed by atoms with Crippen molar-refractivity contribution in [3.8, 4) is 0 Å². The number of quaternary nitrogens is 1. The summed E-state index contributed by atoms with van der Waals surface area (Å²) in [5.41, 5.74) is 0. The van der Waals surface area contributed by atoms with Gasteiger partial charge in [-0.2, -0.15) is 0 Å². The van der Waals surface area contributed by atoms with Gasteiger partial charge in [-0.3, -0.25) is 9.59 Å². The number of unbranched alkanes of at least 4 members (excludes halogenated alkanes) is 45. The molecule has 0 aromatic rings. The molecule has 0 aromatic carbocycles. The molecule has 0 aliphatic heterocycles. The van der Waals surface area contributed by atoms with E-state index in [1.165, 1.54) is 270 Å². The molecule has 2 atom stereocenters. The van der Waals surface area contributed by atoms with E-state index in [1.54, 1.807) is 0 Å². The summed E-state index contributed by atoms with van der Waals surface area (Å²) < 4.78 is 23.1. The minimum Gasteiger partial charge on any atom is -0.477 e. The van der Waals surface area contributed by atoms with Crippen LogP contribution in [0, 0.1) is 0 Å². The number of carbonyl (C=O) groups excluding carboxylic acids is 2. The average Bonchev–Trinajstić information content (AvgIpc) is 1.16. The van der Waals surface area contributed by atoms with Crippen molar-refractivity contribution in [1.29, 1.82) is 0 Å². The lowest BCUT2D eigenvalue weighted by atomic mass is 10.0. The van der Waals surface area contributed by atoms with Crippen molar-refractivity contribution < 1.29 is 42.9 Å². The van der Waals surface area contributed by atoms with Crippen LogP contribution < -0.4 is 0 Å². The summed E-state index contributed by atoms with van der Waals surface area (Å²) in [5, 5.41) is 9.78.